The van der Waals surface area contributed by atoms with Crippen LogP contribution in [0, 0.1) is 0 Å². The van der Waals surface area contributed by atoms with Gasteiger partial charge in [-0.1, -0.05) is 6.07 Å². The molecule has 31 heavy (non-hydrogen) atoms. The molecule has 0 spiro atoms. The molecular weight excluding hydrogens is 445 g/mol. The van der Waals surface area contributed by atoms with Gasteiger partial charge in [0.05, 0.1) is 14.2 Å². The lowest BCUT2D eigenvalue weighted by Gasteiger charge is -2.13. The molecule has 0 fully saturated rings. The Morgan fingerprint density at radius 1 is 1.06 bits per heavy atom. The van der Waals surface area contributed by atoms with E-state index in [4.69, 9.17) is 14.2 Å². The minimum absolute atomic E-state index is 0. The van der Waals surface area contributed by atoms with E-state index in [1.165, 1.54) is 0 Å². The summed E-state index contributed by atoms with van der Waals surface area (Å²) in [6.45, 7) is 4.99. The predicted molar refractivity (Wildman–Crippen MR) is 127 cm³/mol. The summed E-state index contributed by atoms with van der Waals surface area (Å²) in [7, 11) is 3.23. The number of aliphatic hydroxyl groups excluding tert-OH is 1. The van der Waals surface area contributed by atoms with Crippen molar-refractivity contribution in [2.24, 2.45) is 5.10 Å². The second-order valence-corrected chi connectivity index (χ2v) is 6.54. The Morgan fingerprint density at radius 3 is 2.42 bits per heavy atom. The molecule has 0 aliphatic carbocycles. The van der Waals surface area contributed by atoms with E-state index in [-0.39, 0.29) is 31.4 Å². The molecular formula is C20H31Cl2N5O4. The van der Waals surface area contributed by atoms with E-state index in [0.717, 1.165) is 17.7 Å². The fourth-order valence-corrected chi connectivity index (χ4v) is 2.40. The number of aromatic nitrogens is 2. The average Bonchev–Trinajstić information content (AvgIpc) is 2.74. The van der Waals surface area contributed by atoms with E-state index in [9.17, 15) is 5.11 Å². The van der Waals surface area contributed by atoms with Gasteiger partial charge in [-0.3, -0.25) is 5.43 Å². The first-order valence-corrected chi connectivity index (χ1v) is 9.35. The van der Waals surface area contributed by atoms with Crippen molar-refractivity contribution in [2.75, 3.05) is 39.3 Å². The lowest BCUT2D eigenvalue weighted by Crippen LogP contribution is -2.32. The zero-order valence-electron chi connectivity index (χ0n) is 18.1. The highest BCUT2D eigenvalue weighted by Crippen LogP contribution is 2.27. The molecule has 0 saturated carbocycles. The van der Waals surface area contributed by atoms with Crippen LogP contribution in [0.1, 0.15) is 19.4 Å². The van der Waals surface area contributed by atoms with Crippen LogP contribution in [0.3, 0.4) is 0 Å². The molecule has 3 N–H and O–H groups in total. The molecule has 2 aromatic rings. The van der Waals surface area contributed by atoms with E-state index >= 15 is 0 Å². The number of nitrogens with one attached hydrogen (secondary N) is 2. The van der Waals surface area contributed by atoms with Crippen molar-refractivity contribution in [1.82, 2.24) is 15.5 Å². The molecule has 1 atom stereocenters. The maximum atomic E-state index is 10.1. The van der Waals surface area contributed by atoms with Crippen molar-refractivity contribution in [1.29, 1.82) is 0 Å². The van der Waals surface area contributed by atoms with Crippen LogP contribution in [-0.4, -0.2) is 61.0 Å². The van der Waals surface area contributed by atoms with Gasteiger partial charge in [0.15, 0.2) is 17.3 Å². The molecule has 1 unspecified atom stereocenters. The van der Waals surface area contributed by atoms with Gasteiger partial charge in [0, 0.05) is 18.3 Å². The molecule has 1 heterocycles. The van der Waals surface area contributed by atoms with Crippen LogP contribution in [0.2, 0.25) is 0 Å². The van der Waals surface area contributed by atoms with Crippen LogP contribution in [-0.2, 0) is 6.42 Å². The SMILES string of the molecule is COc1ccc(CCNCC(O)COc2ccc(NN=C(C)C)nn2)cc1OC.Cl.Cl. The number of hydrazone groups is 1. The molecule has 0 aliphatic rings. The largest absolute Gasteiger partial charge is 0.493 e. The maximum Gasteiger partial charge on any atom is 0.233 e. The van der Waals surface area contributed by atoms with Gasteiger partial charge >= 0.3 is 0 Å². The van der Waals surface area contributed by atoms with Crippen LogP contribution < -0.4 is 25.0 Å². The second-order valence-electron chi connectivity index (χ2n) is 6.54. The fraction of sp³-hybridized carbons (Fsp3) is 0.450. The summed E-state index contributed by atoms with van der Waals surface area (Å²) in [5, 5.41) is 25.2. The Balaban J connectivity index is 0.00000450. The zero-order chi connectivity index (χ0) is 21.1. The van der Waals surface area contributed by atoms with Crippen LogP contribution in [0.25, 0.3) is 0 Å². The average molecular weight is 476 g/mol. The number of anilines is 1. The number of benzene rings is 1. The van der Waals surface area contributed by atoms with Gasteiger partial charge < -0.3 is 24.6 Å². The summed E-state index contributed by atoms with van der Waals surface area (Å²) in [6.07, 6.45) is 0.139. The molecule has 0 radical (unpaired) electrons. The highest BCUT2D eigenvalue weighted by Gasteiger charge is 2.07. The van der Waals surface area contributed by atoms with Gasteiger partial charge in [-0.2, -0.15) is 5.10 Å². The summed E-state index contributed by atoms with van der Waals surface area (Å²) in [5.41, 5.74) is 4.78. The number of hydrogen-bond acceptors (Lipinski definition) is 9. The van der Waals surface area contributed by atoms with Crippen molar-refractivity contribution >= 4 is 36.3 Å². The van der Waals surface area contributed by atoms with Crippen LogP contribution >= 0.6 is 24.8 Å². The maximum absolute atomic E-state index is 10.1. The molecule has 174 valence electrons. The smallest absolute Gasteiger partial charge is 0.233 e. The number of ether oxygens (including phenoxy) is 3. The summed E-state index contributed by atoms with van der Waals surface area (Å²) in [4.78, 5) is 0. The Morgan fingerprint density at radius 2 is 1.81 bits per heavy atom. The van der Waals surface area contributed by atoms with Crippen molar-refractivity contribution in [3.8, 4) is 17.4 Å². The molecule has 11 heteroatoms. The molecule has 0 saturated heterocycles. The molecule has 0 amide bonds. The zero-order valence-corrected chi connectivity index (χ0v) is 19.8. The monoisotopic (exact) mass is 475 g/mol. The molecule has 2 rings (SSSR count). The molecule has 0 aliphatic heterocycles. The third-order valence-electron chi connectivity index (χ3n) is 3.88. The van der Waals surface area contributed by atoms with Gasteiger partial charge in [0.2, 0.25) is 5.88 Å². The van der Waals surface area contributed by atoms with Crippen molar-refractivity contribution < 1.29 is 19.3 Å². The standard InChI is InChI=1S/C20H29N5O4.2ClH/c1-14(2)22-23-19-7-8-20(25-24-19)29-13-16(26)12-21-10-9-15-5-6-17(27-3)18(11-15)28-4;;/h5-8,11,16,21,26H,9-10,12-13H2,1-4H3,(H,23,24);2*1H. The van der Waals surface area contributed by atoms with Crippen molar-refractivity contribution in [3.05, 3.63) is 35.9 Å². The number of methoxy groups -OCH3 is 2. The highest BCUT2D eigenvalue weighted by molar-refractivity contribution is 5.85. The quantitative estimate of drug-likeness (QED) is 0.244. The number of nitrogens with zero attached hydrogens (tertiary/aromatic N) is 3. The normalized spacial score (nSPS) is 10.7. The number of aliphatic hydroxyl groups is 1. The Bertz CT molecular complexity index is 790. The lowest BCUT2D eigenvalue weighted by molar-refractivity contribution is 0.103. The summed E-state index contributed by atoms with van der Waals surface area (Å²) in [6, 6.07) is 9.21. The van der Waals surface area contributed by atoms with Crippen LogP contribution in [0.4, 0.5) is 5.82 Å². The predicted octanol–water partition coefficient (Wildman–Crippen LogP) is 2.72. The second kappa shape index (κ2) is 15.5. The van der Waals surface area contributed by atoms with E-state index < -0.39 is 6.10 Å². The van der Waals surface area contributed by atoms with Crippen LogP contribution in [0.15, 0.2) is 35.4 Å². The van der Waals surface area contributed by atoms with Crippen molar-refractivity contribution in [2.45, 2.75) is 26.4 Å². The van der Waals surface area contributed by atoms with E-state index in [1.807, 2.05) is 32.0 Å². The van der Waals surface area contributed by atoms with Gasteiger partial charge in [-0.25, -0.2) is 0 Å². The minimum Gasteiger partial charge on any atom is -0.493 e. The number of halogens is 2. The molecule has 1 aromatic carbocycles. The first-order chi connectivity index (χ1) is 14.0. The molecule has 9 nitrogen and oxygen atoms in total. The molecule has 1 aromatic heterocycles. The highest BCUT2D eigenvalue weighted by atomic mass is 35.5. The first-order valence-electron chi connectivity index (χ1n) is 9.35. The fourth-order valence-electron chi connectivity index (χ4n) is 2.40. The summed E-state index contributed by atoms with van der Waals surface area (Å²) < 4.78 is 16.0. The third kappa shape index (κ3) is 10.5. The first kappa shape index (κ1) is 28.7. The van der Waals surface area contributed by atoms with E-state index in [1.54, 1.807) is 26.4 Å². The minimum atomic E-state index is -0.660. The van der Waals surface area contributed by atoms with Gasteiger partial charge in [0.1, 0.15) is 12.7 Å². The third-order valence-corrected chi connectivity index (χ3v) is 3.88. The summed E-state index contributed by atoms with van der Waals surface area (Å²) >= 11 is 0. The van der Waals surface area contributed by atoms with Gasteiger partial charge in [-0.05, 0) is 50.6 Å². The summed E-state index contributed by atoms with van der Waals surface area (Å²) in [5.74, 6) is 2.28. The number of hydrogen-bond donors (Lipinski definition) is 3. The van der Waals surface area contributed by atoms with E-state index in [2.05, 4.69) is 26.0 Å². The Kier molecular flexibility index (Phi) is 14.3. The Labute approximate surface area is 195 Å². The Hall–Kier alpha value is -2.33. The van der Waals surface area contributed by atoms with Crippen molar-refractivity contribution in [3.63, 3.8) is 0 Å². The van der Waals surface area contributed by atoms with Gasteiger partial charge in [-0.15, -0.1) is 35.0 Å². The van der Waals surface area contributed by atoms with Gasteiger partial charge in [0.25, 0.3) is 0 Å². The van der Waals surface area contributed by atoms with Crippen LogP contribution in [0.5, 0.6) is 17.4 Å². The lowest BCUT2D eigenvalue weighted by atomic mass is 10.1. The molecule has 0 bridgehead atoms. The topological polar surface area (TPSA) is 110 Å². The number of rotatable bonds is 12. The van der Waals surface area contributed by atoms with E-state index in [0.29, 0.717) is 36.3 Å².